The molecule has 29 heavy (non-hydrogen) atoms. The second-order valence-corrected chi connectivity index (χ2v) is 7.91. The van der Waals surface area contributed by atoms with Gasteiger partial charge in [-0.2, -0.15) is 0 Å². The Kier molecular flexibility index (Phi) is 3.62. The zero-order valence-electron chi connectivity index (χ0n) is 15.7. The Morgan fingerprint density at radius 3 is 1.86 bits per heavy atom. The van der Waals surface area contributed by atoms with E-state index in [0.717, 1.165) is 10.6 Å². The van der Waals surface area contributed by atoms with E-state index in [1.54, 1.807) is 0 Å². The summed E-state index contributed by atoms with van der Waals surface area (Å²) >= 11 is 6.62. The van der Waals surface area contributed by atoms with Gasteiger partial charge in [-0.05, 0) is 60.8 Å². The van der Waals surface area contributed by atoms with Gasteiger partial charge in [-0.25, -0.2) is 0 Å². The lowest BCUT2D eigenvalue weighted by molar-refractivity contribution is 1.67. The van der Waals surface area contributed by atoms with Crippen LogP contribution in [0, 0.1) is 0 Å². The molecule has 0 aromatic heterocycles. The van der Waals surface area contributed by atoms with Crippen LogP contribution in [0.15, 0.2) is 103 Å². The van der Waals surface area contributed by atoms with Gasteiger partial charge in [-0.3, -0.25) is 0 Å². The third-order valence-corrected chi connectivity index (χ3v) is 6.22. The summed E-state index contributed by atoms with van der Waals surface area (Å²) in [6.45, 7) is 0. The molecule has 0 bridgehead atoms. The molecule has 1 heteroatoms. The number of fused-ring (bicyclic) bond motifs is 7. The van der Waals surface area contributed by atoms with E-state index in [1.165, 1.54) is 48.7 Å². The highest BCUT2D eigenvalue weighted by Gasteiger charge is 2.14. The molecule has 0 saturated heterocycles. The molecule has 0 aliphatic carbocycles. The molecule has 0 aliphatic heterocycles. The zero-order chi connectivity index (χ0) is 19.4. The predicted molar refractivity (Wildman–Crippen MR) is 127 cm³/mol. The normalized spacial score (nSPS) is 11.6. The summed E-state index contributed by atoms with van der Waals surface area (Å²) in [5.41, 5.74) is 2.25. The number of rotatable bonds is 1. The van der Waals surface area contributed by atoms with Crippen molar-refractivity contribution >= 4 is 54.7 Å². The molecule has 6 aromatic carbocycles. The number of hydrogen-bond donors (Lipinski definition) is 0. The van der Waals surface area contributed by atoms with Crippen LogP contribution in [0.25, 0.3) is 54.2 Å². The van der Waals surface area contributed by atoms with Crippen LogP contribution in [0.2, 0.25) is 5.02 Å². The summed E-state index contributed by atoms with van der Waals surface area (Å²) in [7, 11) is 0. The van der Waals surface area contributed by atoms with Gasteiger partial charge >= 0.3 is 0 Å². The maximum atomic E-state index is 6.62. The molecular formula is C28H17Cl. The van der Waals surface area contributed by atoms with E-state index < -0.39 is 0 Å². The molecule has 0 nitrogen and oxygen atoms in total. The van der Waals surface area contributed by atoms with E-state index in [0.29, 0.717) is 0 Å². The molecular weight excluding hydrogens is 372 g/mol. The molecule has 0 atom stereocenters. The molecule has 0 amide bonds. The standard InChI is InChI=1S/C28H17Cl/c29-26-12-6-5-11-23(26)25-17-20-8-2-4-10-22(20)28-24(25)16-15-19-14-13-18-7-1-3-9-21(18)27(19)28/h1-17H. The van der Waals surface area contributed by atoms with Gasteiger partial charge in [0.15, 0.2) is 0 Å². The number of halogens is 1. The van der Waals surface area contributed by atoms with Crippen molar-refractivity contribution in [2.75, 3.05) is 0 Å². The van der Waals surface area contributed by atoms with Crippen LogP contribution in [0.1, 0.15) is 0 Å². The highest BCUT2D eigenvalue weighted by molar-refractivity contribution is 6.35. The van der Waals surface area contributed by atoms with Crippen molar-refractivity contribution in [3.05, 3.63) is 108 Å². The average Bonchev–Trinajstić information content (AvgIpc) is 2.78. The fourth-order valence-electron chi connectivity index (χ4n) is 4.59. The van der Waals surface area contributed by atoms with Crippen molar-refractivity contribution in [2.24, 2.45) is 0 Å². The first-order valence-electron chi connectivity index (χ1n) is 9.82. The average molecular weight is 389 g/mol. The molecule has 0 spiro atoms. The lowest BCUT2D eigenvalue weighted by atomic mass is 9.88. The third-order valence-electron chi connectivity index (χ3n) is 5.89. The van der Waals surface area contributed by atoms with E-state index in [9.17, 15) is 0 Å². The van der Waals surface area contributed by atoms with Gasteiger partial charge in [0, 0.05) is 10.6 Å². The summed E-state index contributed by atoms with van der Waals surface area (Å²) in [4.78, 5) is 0. The first-order chi connectivity index (χ1) is 14.3. The van der Waals surface area contributed by atoms with Gasteiger partial charge in [0.05, 0.1) is 0 Å². The Balaban J connectivity index is 1.93. The number of hydrogen-bond acceptors (Lipinski definition) is 0. The molecule has 0 radical (unpaired) electrons. The maximum Gasteiger partial charge on any atom is 0.0484 e. The van der Waals surface area contributed by atoms with E-state index in [4.69, 9.17) is 11.6 Å². The summed E-state index contributed by atoms with van der Waals surface area (Å²) < 4.78 is 0. The van der Waals surface area contributed by atoms with Crippen LogP contribution >= 0.6 is 11.6 Å². The topological polar surface area (TPSA) is 0 Å². The van der Waals surface area contributed by atoms with E-state index >= 15 is 0 Å². The van der Waals surface area contributed by atoms with Crippen molar-refractivity contribution in [1.82, 2.24) is 0 Å². The highest BCUT2D eigenvalue weighted by Crippen LogP contribution is 2.42. The van der Waals surface area contributed by atoms with Crippen LogP contribution in [-0.4, -0.2) is 0 Å². The van der Waals surface area contributed by atoms with Crippen LogP contribution in [0.3, 0.4) is 0 Å². The van der Waals surface area contributed by atoms with Gasteiger partial charge in [-0.15, -0.1) is 0 Å². The summed E-state index contributed by atoms with van der Waals surface area (Å²) in [6, 6.07) is 36.6. The van der Waals surface area contributed by atoms with Crippen LogP contribution < -0.4 is 0 Å². The molecule has 6 rings (SSSR count). The zero-order valence-corrected chi connectivity index (χ0v) is 16.4. The quantitative estimate of drug-likeness (QED) is 0.247. The fourth-order valence-corrected chi connectivity index (χ4v) is 4.83. The largest absolute Gasteiger partial charge is 0.0837 e. The Morgan fingerprint density at radius 1 is 0.414 bits per heavy atom. The molecule has 6 aromatic rings. The molecule has 0 fully saturated rings. The smallest absolute Gasteiger partial charge is 0.0484 e. The summed E-state index contributed by atoms with van der Waals surface area (Å²) in [5.74, 6) is 0. The van der Waals surface area contributed by atoms with Gasteiger partial charge in [0.1, 0.15) is 0 Å². The van der Waals surface area contributed by atoms with Crippen molar-refractivity contribution in [1.29, 1.82) is 0 Å². The van der Waals surface area contributed by atoms with Crippen molar-refractivity contribution in [3.63, 3.8) is 0 Å². The van der Waals surface area contributed by atoms with Crippen LogP contribution in [-0.2, 0) is 0 Å². The predicted octanol–water partition coefficient (Wildman–Crippen LogP) is 8.62. The minimum atomic E-state index is 0.780. The first kappa shape index (κ1) is 16.6. The SMILES string of the molecule is Clc1ccccc1-c1cc2ccccc2c2c1ccc1ccc3ccccc3c12. The third kappa shape index (κ3) is 2.46. The molecule has 0 aliphatic rings. The minimum absolute atomic E-state index is 0.780. The Bertz CT molecular complexity index is 1560. The fraction of sp³-hybridized carbons (Fsp3) is 0. The molecule has 136 valence electrons. The van der Waals surface area contributed by atoms with E-state index in [2.05, 4.69) is 91.0 Å². The van der Waals surface area contributed by atoms with Gasteiger partial charge in [0.25, 0.3) is 0 Å². The van der Waals surface area contributed by atoms with Crippen molar-refractivity contribution in [3.8, 4) is 11.1 Å². The van der Waals surface area contributed by atoms with Crippen molar-refractivity contribution < 1.29 is 0 Å². The lowest BCUT2D eigenvalue weighted by Crippen LogP contribution is -1.88. The second-order valence-electron chi connectivity index (χ2n) is 7.50. The van der Waals surface area contributed by atoms with Gasteiger partial charge in [0.2, 0.25) is 0 Å². The molecule has 0 heterocycles. The molecule has 0 unspecified atom stereocenters. The maximum absolute atomic E-state index is 6.62. The van der Waals surface area contributed by atoms with Crippen molar-refractivity contribution in [2.45, 2.75) is 0 Å². The molecule has 0 saturated carbocycles. The second kappa shape index (κ2) is 6.34. The highest BCUT2D eigenvalue weighted by atomic mass is 35.5. The Morgan fingerprint density at radius 2 is 1.03 bits per heavy atom. The van der Waals surface area contributed by atoms with E-state index in [1.807, 2.05) is 12.1 Å². The van der Waals surface area contributed by atoms with Crippen LogP contribution in [0.4, 0.5) is 0 Å². The Hall–Kier alpha value is -3.35. The molecule has 0 N–H and O–H groups in total. The van der Waals surface area contributed by atoms with Gasteiger partial charge in [-0.1, -0.05) is 103 Å². The van der Waals surface area contributed by atoms with E-state index in [-0.39, 0.29) is 0 Å². The number of benzene rings is 6. The first-order valence-corrected chi connectivity index (χ1v) is 10.2. The van der Waals surface area contributed by atoms with Crippen LogP contribution in [0.5, 0.6) is 0 Å². The summed E-state index contributed by atoms with van der Waals surface area (Å²) in [5, 5.41) is 10.9. The lowest BCUT2D eigenvalue weighted by Gasteiger charge is -2.15. The van der Waals surface area contributed by atoms with Gasteiger partial charge < -0.3 is 0 Å². The monoisotopic (exact) mass is 388 g/mol. The summed E-state index contributed by atoms with van der Waals surface area (Å²) in [6.07, 6.45) is 0. The Labute approximate surface area is 174 Å². The minimum Gasteiger partial charge on any atom is -0.0837 e.